The van der Waals surface area contributed by atoms with E-state index in [0.29, 0.717) is 0 Å². The number of aliphatic hydroxyl groups is 1. The number of nitrogens with one attached hydrogen (secondary N) is 2. The SMILES string of the molecule is CC(C)(NC(=O)Nc1ccc(F)c(C(N)=O)c1)C(O)C(F)(F)F. The molecule has 0 saturated heterocycles. The Labute approximate surface area is 128 Å². The molecule has 0 aliphatic heterocycles. The van der Waals surface area contributed by atoms with Crippen molar-refractivity contribution < 1.29 is 32.3 Å². The molecular formula is C13H15F4N3O3. The molecule has 6 nitrogen and oxygen atoms in total. The van der Waals surface area contributed by atoms with Crippen LogP contribution in [0.25, 0.3) is 0 Å². The van der Waals surface area contributed by atoms with Crippen molar-refractivity contribution in [2.75, 3.05) is 5.32 Å². The van der Waals surface area contributed by atoms with Crippen LogP contribution >= 0.6 is 0 Å². The minimum atomic E-state index is -4.92. The molecule has 23 heavy (non-hydrogen) atoms. The third-order valence-electron chi connectivity index (χ3n) is 2.92. The first-order valence-electron chi connectivity index (χ1n) is 6.28. The molecule has 0 spiro atoms. The Hall–Kier alpha value is -2.36. The van der Waals surface area contributed by atoms with Crippen LogP contribution in [-0.4, -0.2) is 34.9 Å². The summed E-state index contributed by atoms with van der Waals surface area (Å²) in [7, 11) is 0. The second-order valence-corrected chi connectivity index (χ2v) is 5.30. The van der Waals surface area contributed by atoms with Crippen molar-refractivity contribution >= 4 is 17.6 Å². The highest BCUT2D eigenvalue weighted by molar-refractivity contribution is 5.96. The first kappa shape index (κ1) is 18.7. The lowest BCUT2D eigenvalue weighted by molar-refractivity contribution is -0.221. The number of hydrogen-bond donors (Lipinski definition) is 4. The van der Waals surface area contributed by atoms with Crippen molar-refractivity contribution in [3.63, 3.8) is 0 Å². The number of aliphatic hydroxyl groups excluding tert-OH is 1. The smallest absolute Gasteiger partial charge is 0.382 e. The number of primary amides is 1. The highest BCUT2D eigenvalue weighted by Gasteiger charge is 2.48. The Kier molecular flexibility index (Phi) is 5.20. The lowest BCUT2D eigenvalue weighted by atomic mass is 9.97. The largest absolute Gasteiger partial charge is 0.416 e. The van der Waals surface area contributed by atoms with Gasteiger partial charge in [-0.05, 0) is 32.0 Å². The number of alkyl halides is 3. The minimum Gasteiger partial charge on any atom is -0.382 e. The highest BCUT2D eigenvalue weighted by atomic mass is 19.4. The molecule has 0 aromatic heterocycles. The maximum Gasteiger partial charge on any atom is 0.416 e. The van der Waals surface area contributed by atoms with Crippen LogP contribution in [0.5, 0.6) is 0 Å². The number of nitrogens with two attached hydrogens (primary N) is 1. The van der Waals surface area contributed by atoms with E-state index in [1.807, 2.05) is 5.32 Å². The summed E-state index contributed by atoms with van der Waals surface area (Å²) in [5.74, 6) is -1.98. The lowest BCUT2D eigenvalue weighted by Gasteiger charge is -2.32. The van der Waals surface area contributed by atoms with Gasteiger partial charge >= 0.3 is 12.2 Å². The Morgan fingerprint density at radius 3 is 2.30 bits per heavy atom. The lowest BCUT2D eigenvalue weighted by Crippen LogP contribution is -2.58. The summed E-state index contributed by atoms with van der Waals surface area (Å²) in [4.78, 5) is 22.7. The van der Waals surface area contributed by atoms with Gasteiger partial charge in [-0.15, -0.1) is 0 Å². The molecule has 0 fully saturated rings. The molecule has 1 aromatic carbocycles. The second-order valence-electron chi connectivity index (χ2n) is 5.30. The summed E-state index contributed by atoms with van der Waals surface area (Å²) < 4.78 is 50.8. The van der Waals surface area contributed by atoms with Gasteiger partial charge in [0.2, 0.25) is 0 Å². The van der Waals surface area contributed by atoms with E-state index in [-0.39, 0.29) is 5.69 Å². The van der Waals surface area contributed by atoms with Gasteiger partial charge in [0.1, 0.15) is 5.82 Å². The van der Waals surface area contributed by atoms with Gasteiger partial charge in [0.25, 0.3) is 5.91 Å². The summed E-state index contributed by atoms with van der Waals surface area (Å²) >= 11 is 0. The summed E-state index contributed by atoms with van der Waals surface area (Å²) in [5.41, 5.74) is 2.37. The molecule has 0 heterocycles. The van der Waals surface area contributed by atoms with Crippen LogP contribution < -0.4 is 16.4 Å². The molecule has 10 heteroatoms. The standard InChI is InChI=1S/C13H15F4N3O3/c1-12(2,10(22)13(15,16)17)20-11(23)19-6-3-4-8(14)7(5-6)9(18)21/h3-5,10,22H,1-2H3,(H2,18,21)(H2,19,20,23). The zero-order valence-electron chi connectivity index (χ0n) is 12.2. The predicted octanol–water partition coefficient (Wildman–Crippen LogP) is 1.75. The Morgan fingerprint density at radius 1 is 1.26 bits per heavy atom. The Bertz CT molecular complexity index is 617. The van der Waals surface area contributed by atoms with Crippen LogP contribution in [0.4, 0.5) is 28.0 Å². The molecule has 5 N–H and O–H groups in total. The van der Waals surface area contributed by atoms with Gasteiger partial charge in [0.15, 0.2) is 6.10 Å². The molecule has 0 aliphatic rings. The molecule has 128 valence electrons. The molecule has 3 amide bonds. The van der Waals surface area contributed by atoms with Crippen LogP contribution in [0.15, 0.2) is 18.2 Å². The quantitative estimate of drug-likeness (QED) is 0.629. The van der Waals surface area contributed by atoms with Gasteiger partial charge in [0, 0.05) is 5.69 Å². The van der Waals surface area contributed by atoms with Gasteiger partial charge in [-0.2, -0.15) is 13.2 Å². The molecule has 1 aromatic rings. The molecular weight excluding hydrogens is 322 g/mol. The van der Waals surface area contributed by atoms with Gasteiger partial charge in [0.05, 0.1) is 11.1 Å². The number of benzene rings is 1. The Morgan fingerprint density at radius 2 is 1.83 bits per heavy atom. The highest BCUT2D eigenvalue weighted by Crippen LogP contribution is 2.28. The summed E-state index contributed by atoms with van der Waals surface area (Å²) in [6.07, 6.45) is -7.72. The van der Waals surface area contributed by atoms with Gasteiger partial charge in [-0.3, -0.25) is 4.79 Å². The van der Waals surface area contributed by atoms with Crippen molar-refractivity contribution in [1.29, 1.82) is 0 Å². The van der Waals surface area contributed by atoms with Crippen molar-refractivity contribution in [1.82, 2.24) is 5.32 Å². The van der Waals surface area contributed by atoms with Crippen LogP contribution in [0.2, 0.25) is 0 Å². The van der Waals surface area contributed by atoms with E-state index in [2.05, 4.69) is 5.32 Å². The van der Waals surface area contributed by atoms with Crippen molar-refractivity contribution in [2.24, 2.45) is 5.73 Å². The van der Waals surface area contributed by atoms with Crippen LogP contribution in [0, 0.1) is 5.82 Å². The maximum absolute atomic E-state index is 13.3. The molecule has 1 unspecified atom stereocenters. The van der Waals surface area contributed by atoms with Gasteiger partial charge < -0.3 is 21.5 Å². The molecule has 1 atom stereocenters. The van der Waals surface area contributed by atoms with E-state index in [1.54, 1.807) is 0 Å². The third kappa shape index (κ3) is 4.81. The van der Waals surface area contributed by atoms with Crippen LogP contribution in [-0.2, 0) is 0 Å². The Balaban J connectivity index is 2.85. The molecule has 1 rings (SSSR count). The van der Waals surface area contributed by atoms with E-state index < -0.39 is 41.1 Å². The summed E-state index contributed by atoms with van der Waals surface area (Å²) in [6, 6.07) is 1.81. The average molecular weight is 337 g/mol. The first-order valence-corrected chi connectivity index (χ1v) is 6.28. The zero-order chi connectivity index (χ0) is 18.0. The maximum atomic E-state index is 13.3. The number of rotatable bonds is 4. The average Bonchev–Trinajstić information content (AvgIpc) is 2.38. The van der Waals surface area contributed by atoms with Gasteiger partial charge in [-0.1, -0.05) is 0 Å². The second kappa shape index (κ2) is 6.41. The fraction of sp³-hybridized carbons (Fsp3) is 0.385. The fourth-order valence-corrected chi connectivity index (χ4v) is 1.72. The molecule has 0 bridgehead atoms. The number of hydrogen-bond acceptors (Lipinski definition) is 3. The van der Waals surface area contributed by atoms with Crippen molar-refractivity contribution in [3.05, 3.63) is 29.6 Å². The van der Waals surface area contributed by atoms with E-state index in [0.717, 1.165) is 32.0 Å². The predicted molar refractivity (Wildman–Crippen MR) is 73.2 cm³/mol. The van der Waals surface area contributed by atoms with E-state index in [1.165, 1.54) is 0 Å². The third-order valence-corrected chi connectivity index (χ3v) is 2.92. The number of urea groups is 1. The van der Waals surface area contributed by atoms with E-state index in [4.69, 9.17) is 5.73 Å². The van der Waals surface area contributed by atoms with E-state index >= 15 is 0 Å². The fourth-order valence-electron chi connectivity index (χ4n) is 1.72. The summed E-state index contributed by atoms with van der Waals surface area (Å²) in [6.45, 7) is 1.95. The molecule has 0 saturated carbocycles. The minimum absolute atomic E-state index is 0.0602. The van der Waals surface area contributed by atoms with E-state index in [9.17, 15) is 32.3 Å². The number of halogens is 4. The number of amides is 3. The van der Waals surface area contributed by atoms with Crippen LogP contribution in [0.1, 0.15) is 24.2 Å². The van der Waals surface area contributed by atoms with Gasteiger partial charge in [-0.25, -0.2) is 9.18 Å². The number of anilines is 1. The molecule has 0 aliphatic carbocycles. The monoisotopic (exact) mass is 337 g/mol. The first-order chi connectivity index (χ1) is 10.3. The zero-order valence-corrected chi connectivity index (χ0v) is 12.2. The van der Waals surface area contributed by atoms with Crippen LogP contribution in [0.3, 0.4) is 0 Å². The number of carbonyl (C=O) groups is 2. The van der Waals surface area contributed by atoms with Crippen molar-refractivity contribution in [2.45, 2.75) is 31.7 Å². The normalized spacial score (nSPS) is 13.3. The topological polar surface area (TPSA) is 104 Å². The van der Waals surface area contributed by atoms with Crippen molar-refractivity contribution in [3.8, 4) is 0 Å². The molecule has 0 radical (unpaired) electrons. The number of carbonyl (C=O) groups excluding carboxylic acids is 2. The summed E-state index contributed by atoms with van der Waals surface area (Å²) in [5, 5.41) is 13.3.